The molecule has 0 amide bonds. The van der Waals surface area contributed by atoms with Crippen molar-refractivity contribution in [3.63, 3.8) is 0 Å². The molecule has 2 heterocycles. The van der Waals surface area contributed by atoms with Crippen molar-refractivity contribution in [1.82, 2.24) is 4.98 Å². The summed E-state index contributed by atoms with van der Waals surface area (Å²) in [6.07, 6.45) is 3.86. The summed E-state index contributed by atoms with van der Waals surface area (Å²) in [5.41, 5.74) is 4.17. The molecule has 1 aliphatic heterocycles. The van der Waals surface area contributed by atoms with E-state index in [-0.39, 0.29) is 5.43 Å². The normalized spacial score (nSPS) is 21.6. The number of aromatic nitrogens is 1. The van der Waals surface area contributed by atoms with Gasteiger partial charge in [-0.1, -0.05) is 0 Å². The Morgan fingerprint density at radius 3 is 2.78 bits per heavy atom. The van der Waals surface area contributed by atoms with Gasteiger partial charge in [0.2, 0.25) is 0 Å². The molecule has 1 aromatic heterocycles. The van der Waals surface area contributed by atoms with Crippen LogP contribution in [0.4, 0.5) is 5.69 Å². The smallest absolute Gasteiger partial charge is 0.198 e. The Bertz CT molecular complexity index is 763. The molecule has 4 nitrogen and oxygen atoms in total. The highest BCUT2D eigenvalue weighted by Crippen LogP contribution is 2.18. The van der Waals surface area contributed by atoms with Gasteiger partial charge in [-0.25, -0.2) is 0 Å². The molecule has 23 heavy (non-hydrogen) atoms. The van der Waals surface area contributed by atoms with Crippen molar-refractivity contribution in [2.45, 2.75) is 45.7 Å². The summed E-state index contributed by atoms with van der Waals surface area (Å²) < 4.78 is 0. The third-order valence-electron chi connectivity index (χ3n) is 5.30. The zero-order chi connectivity index (χ0) is 16.6. The van der Waals surface area contributed by atoms with E-state index in [2.05, 4.69) is 18.0 Å². The molecule has 0 radical (unpaired) electrons. The maximum Gasteiger partial charge on any atom is 0.198 e. The number of fused-ring (bicyclic) bond motifs is 1. The van der Waals surface area contributed by atoms with Crippen LogP contribution < -0.4 is 15.2 Å². The number of H-pyrrole nitrogens is 1. The zero-order valence-corrected chi connectivity index (χ0v) is 14.7. The lowest BCUT2D eigenvalue weighted by Gasteiger charge is -2.30. The van der Waals surface area contributed by atoms with Gasteiger partial charge in [0.25, 0.3) is 0 Å². The van der Waals surface area contributed by atoms with Crippen molar-refractivity contribution < 1.29 is 4.90 Å². The van der Waals surface area contributed by atoms with E-state index in [0.717, 1.165) is 34.4 Å². The summed E-state index contributed by atoms with van der Waals surface area (Å²) >= 11 is 0. The van der Waals surface area contributed by atoms with Gasteiger partial charge in [0.15, 0.2) is 5.43 Å². The van der Waals surface area contributed by atoms with Gasteiger partial charge >= 0.3 is 0 Å². The molecule has 1 unspecified atom stereocenters. The predicted molar refractivity (Wildman–Crippen MR) is 96.5 cm³/mol. The fraction of sp³-hybridized carbons (Fsp3) is 0.526. The number of nitrogens with zero attached hydrogens (tertiary/aromatic N) is 1. The number of aryl methyl sites for hydroxylation is 1. The molecule has 0 spiro atoms. The van der Waals surface area contributed by atoms with Gasteiger partial charge in [-0.15, -0.1) is 0 Å². The summed E-state index contributed by atoms with van der Waals surface area (Å²) in [6, 6.07) is 6.71. The maximum absolute atomic E-state index is 13.1. The molecule has 2 N–H and O–H groups in total. The van der Waals surface area contributed by atoms with Crippen LogP contribution in [0, 0.1) is 6.92 Å². The quantitative estimate of drug-likeness (QED) is 0.908. The average molecular weight is 314 g/mol. The molecule has 1 aromatic carbocycles. The Balaban J connectivity index is 2.04. The van der Waals surface area contributed by atoms with E-state index in [4.69, 9.17) is 0 Å². The van der Waals surface area contributed by atoms with Crippen molar-refractivity contribution in [3.05, 3.63) is 39.7 Å². The molecule has 4 heteroatoms. The predicted octanol–water partition coefficient (Wildman–Crippen LogP) is 1.86. The standard InChI is InChI=1S/C19H27N3O/c1-13-7-5-6-10-22(13)12-17-14(2)20-18-9-8-15(21(3)4)11-16(18)19(17)23/h8-9,11,13H,5-7,10,12H2,1-4H3,(H,20,23)/p+1/t13-/m0/s1. The highest BCUT2D eigenvalue weighted by atomic mass is 16.1. The number of aromatic amines is 1. The van der Waals surface area contributed by atoms with Crippen LogP contribution in [0.15, 0.2) is 23.0 Å². The van der Waals surface area contributed by atoms with Gasteiger partial charge in [-0.2, -0.15) is 0 Å². The first-order chi connectivity index (χ1) is 11.0. The van der Waals surface area contributed by atoms with E-state index >= 15 is 0 Å². The summed E-state index contributed by atoms with van der Waals surface area (Å²) in [5, 5.41) is 0.806. The number of anilines is 1. The van der Waals surface area contributed by atoms with Gasteiger partial charge < -0.3 is 14.8 Å². The molecule has 124 valence electrons. The summed E-state index contributed by atoms with van der Waals surface area (Å²) in [5.74, 6) is 0. The van der Waals surface area contributed by atoms with Gasteiger partial charge in [-0.05, 0) is 51.3 Å². The lowest BCUT2D eigenvalue weighted by atomic mass is 10.0. The Kier molecular flexibility index (Phi) is 4.44. The average Bonchev–Trinajstić information content (AvgIpc) is 2.52. The monoisotopic (exact) mass is 314 g/mol. The highest BCUT2D eigenvalue weighted by Gasteiger charge is 2.24. The van der Waals surface area contributed by atoms with Crippen molar-refractivity contribution in [3.8, 4) is 0 Å². The molecule has 2 atom stereocenters. The van der Waals surface area contributed by atoms with Crippen molar-refractivity contribution in [1.29, 1.82) is 0 Å². The van der Waals surface area contributed by atoms with Crippen molar-refractivity contribution in [2.75, 3.05) is 25.5 Å². The summed E-state index contributed by atoms with van der Waals surface area (Å²) in [6.45, 7) is 6.35. The van der Waals surface area contributed by atoms with Crippen LogP contribution in [0.5, 0.6) is 0 Å². The van der Waals surface area contributed by atoms with Gasteiger partial charge in [-0.3, -0.25) is 4.79 Å². The lowest BCUT2D eigenvalue weighted by molar-refractivity contribution is -0.942. The number of hydrogen-bond acceptors (Lipinski definition) is 2. The number of rotatable bonds is 3. The third-order valence-corrected chi connectivity index (χ3v) is 5.30. The summed E-state index contributed by atoms with van der Waals surface area (Å²) in [7, 11) is 4.01. The van der Waals surface area contributed by atoms with E-state index in [1.165, 1.54) is 25.8 Å². The summed E-state index contributed by atoms with van der Waals surface area (Å²) in [4.78, 5) is 20.1. The first kappa shape index (κ1) is 16.1. The second kappa shape index (κ2) is 6.36. The minimum Gasteiger partial charge on any atom is -0.378 e. The van der Waals surface area contributed by atoms with E-state index in [1.54, 1.807) is 4.90 Å². The van der Waals surface area contributed by atoms with Crippen LogP contribution in [0.1, 0.15) is 37.4 Å². The van der Waals surface area contributed by atoms with Gasteiger partial charge in [0.05, 0.1) is 18.2 Å². The Morgan fingerprint density at radius 1 is 1.30 bits per heavy atom. The van der Waals surface area contributed by atoms with E-state index in [9.17, 15) is 4.79 Å². The molecule has 3 rings (SSSR count). The van der Waals surface area contributed by atoms with Crippen LogP contribution >= 0.6 is 0 Å². The number of likely N-dealkylation sites (tertiary alicyclic amines) is 1. The minimum absolute atomic E-state index is 0.199. The second-order valence-electron chi connectivity index (χ2n) is 7.16. The molecular formula is C19H28N3O+. The molecule has 1 fully saturated rings. The SMILES string of the molecule is Cc1[nH]c2ccc(N(C)C)cc2c(=O)c1C[NH+]1CCCC[C@@H]1C. The fourth-order valence-electron chi connectivity index (χ4n) is 3.67. The number of benzene rings is 1. The number of quaternary nitrogens is 1. The van der Waals surface area contributed by atoms with Crippen molar-refractivity contribution >= 4 is 16.6 Å². The Morgan fingerprint density at radius 2 is 2.09 bits per heavy atom. The molecule has 0 aliphatic carbocycles. The molecule has 1 saturated heterocycles. The van der Waals surface area contributed by atoms with Crippen LogP contribution in [0.2, 0.25) is 0 Å². The molecule has 0 saturated carbocycles. The lowest BCUT2D eigenvalue weighted by Crippen LogP contribution is -3.15. The van der Waals surface area contributed by atoms with Crippen molar-refractivity contribution in [2.24, 2.45) is 0 Å². The third kappa shape index (κ3) is 3.13. The molecule has 2 aromatic rings. The van der Waals surface area contributed by atoms with Crippen LogP contribution in [0.25, 0.3) is 10.9 Å². The second-order valence-corrected chi connectivity index (χ2v) is 7.16. The van der Waals surface area contributed by atoms with Crippen LogP contribution in [-0.2, 0) is 6.54 Å². The topological polar surface area (TPSA) is 40.5 Å². The first-order valence-electron chi connectivity index (χ1n) is 8.65. The Hall–Kier alpha value is -1.81. The number of nitrogens with one attached hydrogen (secondary N) is 2. The number of hydrogen-bond donors (Lipinski definition) is 2. The Labute approximate surface area is 138 Å². The van der Waals surface area contributed by atoms with E-state index < -0.39 is 0 Å². The van der Waals surface area contributed by atoms with Gasteiger partial charge in [0.1, 0.15) is 6.54 Å². The molecule has 1 aliphatic rings. The van der Waals surface area contributed by atoms with Gasteiger partial charge in [0, 0.05) is 36.4 Å². The zero-order valence-electron chi connectivity index (χ0n) is 14.7. The van der Waals surface area contributed by atoms with Crippen LogP contribution in [0.3, 0.4) is 0 Å². The van der Waals surface area contributed by atoms with E-state index in [1.807, 2.05) is 38.1 Å². The minimum atomic E-state index is 0.199. The molecular weight excluding hydrogens is 286 g/mol. The largest absolute Gasteiger partial charge is 0.378 e. The first-order valence-corrected chi connectivity index (χ1v) is 8.65. The van der Waals surface area contributed by atoms with Crippen LogP contribution in [-0.4, -0.2) is 31.7 Å². The highest BCUT2D eigenvalue weighted by molar-refractivity contribution is 5.83. The fourth-order valence-corrected chi connectivity index (χ4v) is 3.67. The number of pyridine rings is 1. The maximum atomic E-state index is 13.1. The number of piperidine rings is 1. The molecule has 0 bridgehead atoms. The van der Waals surface area contributed by atoms with E-state index in [0.29, 0.717) is 6.04 Å².